The normalized spacial score (nSPS) is 15.8. The highest BCUT2D eigenvalue weighted by Crippen LogP contribution is 2.16. The van der Waals surface area contributed by atoms with E-state index >= 15 is 0 Å². The van der Waals surface area contributed by atoms with Crippen LogP contribution in [0.4, 0.5) is 0 Å². The van der Waals surface area contributed by atoms with Crippen molar-refractivity contribution in [2.45, 2.75) is 6.54 Å². The Hall–Kier alpha value is -2.19. The molecule has 0 unspecified atom stereocenters. The summed E-state index contributed by atoms with van der Waals surface area (Å²) in [5.41, 5.74) is 0.0997. The van der Waals surface area contributed by atoms with E-state index in [1.165, 1.54) is 22.8 Å². The van der Waals surface area contributed by atoms with E-state index in [2.05, 4.69) is 21.4 Å². The van der Waals surface area contributed by atoms with E-state index < -0.39 is 5.97 Å². The first-order chi connectivity index (χ1) is 11.1. The molecule has 3 rings (SSSR count). The van der Waals surface area contributed by atoms with Gasteiger partial charge in [-0.3, -0.25) is 14.4 Å². The standard InChI is InChI=1S/C15H18N4O3S/c1-17-13(15(21)22)12(9-16-17)14(20)19-6-4-18(5-7-19)10-11-3-2-8-23-11/h2-3,8-9H,4-7,10H2,1H3,(H,21,22). The van der Waals surface area contributed by atoms with Crippen molar-refractivity contribution in [2.75, 3.05) is 26.2 Å². The lowest BCUT2D eigenvalue weighted by atomic mass is 10.2. The fourth-order valence-electron chi connectivity index (χ4n) is 2.75. The Labute approximate surface area is 137 Å². The maximum Gasteiger partial charge on any atom is 0.354 e. The van der Waals surface area contributed by atoms with E-state index in [0.717, 1.165) is 19.6 Å². The van der Waals surface area contributed by atoms with Gasteiger partial charge in [0.2, 0.25) is 0 Å². The molecule has 2 aromatic heterocycles. The zero-order chi connectivity index (χ0) is 16.4. The molecular weight excluding hydrogens is 316 g/mol. The lowest BCUT2D eigenvalue weighted by Crippen LogP contribution is -2.48. The SMILES string of the molecule is Cn1ncc(C(=O)N2CCN(Cc3cccs3)CC2)c1C(=O)O. The molecule has 1 N–H and O–H groups in total. The van der Waals surface area contributed by atoms with Crippen molar-refractivity contribution in [1.29, 1.82) is 0 Å². The lowest BCUT2D eigenvalue weighted by Gasteiger charge is -2.34. The third-order valence-corrected chi connectivity index (χ3v) is 4.85. The van der Waals surface area contributed by atoms with Gasteiger partial charge in [0.1, 0.15) is 0 Å². The van der Waals surface area contributed by atoms with Crippen LogP contribution < -0.4 is 0 Å². The first kappa shape index (κ1) is 15.7. The van der Waals surface area contributed by atoms with Crippen molar-refractivity contribution < 1.29 is 14.7 Å². The van der Waals surface area contributed by atoms with Crippen LogP contribution in [0, 0.1) is 0 Å². The molecule has 7 nitrogen and oxygen atoms in total. The summed E-state index contributed by atoms with van der Waals surface area (Å²) in [5.74, 6) is -1.39. The number of rotatable bonds is 4. The van der Waals surface area contributed by atoms with Gasteiger partial charge in [0, 0.05) is 44.6 Å². The molecule has 8 heteroatoms. The molecule has 0 aromatic carbocycles. The van der Waals surface area contributed by atoms with Gasteiger partial charge in [-0.25, -0.2) is 4.79 Å². The van der Waals surface area contributed by atoms with Crippen molar-refractivity contribution >= 4 is 23.2 Å². The summed E-state index contributed by atoms with van der Waals surface area (Å²) in [4.78, 5) is 29.2. The Morgan fingerprint density at radius 2 is 2.04 bits per heavy atom. The van der Waals surface area contributed by atoms with Gasteiger partial charge in [-0.2, -0.15) is 5.10 Å². The van der Waals surface area contributed by atoms with Crippen LogP contribution in [0.2, 0.25) is 0 Å². The summed E-state index contributed by atoms with van der Waals surface area (Å²) in [6.07, 6.45) is 1.34. The zero-order valence-corrected chi connectivity index (χ0v) is 13.6. The Morgan fingerprint density at radius 3 is 2.65 bits per heavy atom. The van der Waals surface area contributed by atoms with Crippen molar-refractivity contribution in [2.24, 2.45) is 7.05 Å². The minimum Gasteiger partial charge on any atom is -0.477 e. The van der Waals surface area contributed by atoms with E-state index in [9.17, 15) is 14.7 Å². The highest BCUT2D eigenvalue weighted by atomic mass is 32.1. The molecular formula is C15H18N4O3S. The number of amides is 1. The van der Waals surface area contributed by atoms with Crippen LogP contribution in [0.1, 0.15) is 25.7 Å². The molecule has 122 valence electrons. The van der Waals surface area contributed by atoms with Crippen LogP contribution >= 0.6 is 11.3 Å². The summed E-state index contributed by atoms with van der Waals surface area (Å²) in [7, 11) is 1.53. The molecule has 0 radical (unpaired) electrons. The molecule has 23 heavy (non-hydrogen) atoms. The van der Waals surface area contributed by atoms with Gasteiger partial charge in [-0.15, -0.1) is 11.3 Å². The Balaban J connectivity index is 1.63. The van der Waals surface area contributed by atoms with Crippen molar-refractivity contribution in [3.63, 3.8) is 0 Å². The van der Waals surface area contributed by atoms with Crippen LogP contribution in [0.25, 0.3) is 0 Å². The molecule has 1 fully saturated rings. The first-order valence-corrected chi connectivity index (χ1v) is 8.23. The summed E-state index contributed by atoms with van der Waals surface area (Å²) >= 11 is 1.73. The van der Waals surface area contributed by atoms with Crippen molar-refractivity contribution in [3.8, 4) is 0 Å². The molecule has 1 saturated heterocycles. The minimum absolute atomic E-state index is 0.0592. The average molecular weight is 334 g/mol. The number of aromatic nitrogens is 2. The molecule has 2 aromatic rings. The van der Waals surface area contributed by atoms with E-state index in [0.29, 0.717) is 13.1 Å². The van der Waals surface area contributed by atoms with Crippen molar-refractivity contribution in [1.82, 2.24) is 19.6 Å². The molecule has 1 aliphatic heterocycles. The highest BCUT2D eigenvalue weighted by molar-refractivity contribution is 7.09. The van der Waals surface area contributed by atoms with Crippen LogP contribution in [0.5, 0.6) is 0 Å². The molecule has 3 heterocycles. The Bertz CT molecular complexity index is 702. The summed E-state index contributed by atoms with van der Waals surface area (Å²) in [6, 6.07) is 4.15. The lowest BCUT2D eigenvalue weighted by molar-refractivity contribution is 0.0607. The zero-order valence-electron chi connectivity index (χ0n) is 12.8. The van der Waals surface area contributed by atoms with Gasteiger partial charge in [-0.1, -0.05) is 6.07 Å². The number of carbonyl (C=O) groups excluding carboxylic acids is 1. The number of carboxylic acids is 1. The quantitative estimate of drug-likeness (QED) is 0.907. The second-order valence-electron chi connectivity index (χ2n) is 5.48. The highest BCUT2D eigenvalue weighted by Gasteiger charge is 2.28. The Morgan fingerprint density at radius 1 is 1.30 bits per heavy atom. The second-order valence-corrected chi connectivity index (χ2v) is 6.52. The second kappa shape index (κ2) is 6.51. The third-order valence-electron chi connectivity index (χ3n) is 3.99. The maximum atomic E-state index is 12.6. The smallest absolute Gasteiger partial charge is 0.354 e. The number of nitrogens with zero attached hydrogens (tertiary/aromatic N) is 4. The van der Waals surface area contributed by atoms with Gasteiger partial charge in [-0.05, 0) is 11.4 Å². The summed E-state index contributed by atoms with van der Waals surface area (Å²) in [5, 5.41) is 15.2. The molecule has 0 atom stereocenters. The minimum atomic E-state index is -1.13. The number of thiophene rings is 1. The van der Waals surface area contributed by atoms with Crippen LogP contribution in [0.15, 0.2) is 23.7 Å². The van der Waals surface area contributed by atoms with E-state index in [-0.39, 0.29) is 17.2 Å². The number of carboxylic acid groups (broad SMARTS) is 1. The predicted octanol–water partition coefficient (Wildman–Crippen LogP) is 1.14. The van der Waals surface area contributed by atoms with Gasteiger partial charge in [0.25, 0.3) is 5.91 Å². The summed E-state index contributed by atoms with van der Waals surface area (Å²) < 4.78 is 1.22. The van der Waals surface area contributed by atoms with E-state index in [1.54, 1.807) is 16.2 Å². The predicted molar refractivity (Wildman–Crippen MR) is 85.7 cm³/mol. The number of carbonyl (C=O) groups is 2. The number of piperazine rings is 1. The Kier molecular flexibility index (Phi) is 4.44. The number of hydrogen-bond donors (Lipinski definition) is 1. The maximum absolute atomic E-state index is 12.6. The molecule has 0 spiro atoms. The van der Waals surface area contributed by atoms with E-state index in [1.807, 2.05) is 6.07 Å². The third kappa shape index (κ3) is 3.27. The van der Waals surface area contributed by atoms with E-state index in [4.69, 9.17) is 0 Å². The largest absolute Gasteiger partial charge is 0.477 e. The monoisotopic (exact) mass is 334 g/mol. The number of hydrogen-bond acceptors (Lipinski definition) is 5. The fourth-order valence-corrected chi connectivity index (χ4v) is 3.50. The summed E-state index contributed by atoms with van der Waals surface area (Å²) in [6.45, 7) is 3.65. The van der Waals surface area contributed by atoms with Crippen LogP contribution in [-0.4, -0.2) is 62.7 Å². The van der Waals surface area contributed by atoms with Crippen molar-refractivity contribution in [3.05, 3.63) is 39.8 Å². The van der Waals surface area contributed by atoms with Gasteiger partial charge in [0.05, 0.1) is 11.8 Å². The fraction of sp³-hybridized carbons (Fsp3) is 0.400. The molecule has 0 saturated carbocycles. The topological polar surface area (TPSA) is 78.7 Å². The van der Waals surface area contributed by atoms with Gasteiger partial charge in [0.15, 0.2) is 5.69 Å². The van der Waals surface area contributed by atoms with Crippen LogP contribution in [0.3, 0.4) is 0 Å². The number of aromatic carboxylic acids is 1. The molecule has 1 amide bonds. The van der Waals surface area contributed by atoms with Gasteiger partial charge < -0.3 is 10.0 Å². The average Bonchev–Trinajstić information content (AvgIpc) is 3.16. The van der Waals surface area contributed by atoms with Crippen LogP contribution in [-0.2, 0) is 13.6 Å². The van der Waals surface area contributed by atoms with Gasteiger partial charge >= 0.3 is 5.97 Å². The molecule has 0 bridgehead atoms. The first-order valence-electron chi connectivity index (χ1n) is 7.35. The molecule has 0 aliphatic carbocycles. The molecule has 1 aliphatic rings. The number of aryl methyl sites for hydroxylation is 1.